The van der Waals surface area contributed by atoms with Crippen LogP contribution in [0.3, 0.4) is 0 Å². The molecule has 0 aliphatic rings. The van der Waals surface area contributed by atoms with Crippen molar-refractivity contribution >= 4 is 85.5 Å². The lowest BCUT2D eigenvalue weighted by Crippen LogP contribution is -1.77. The van der Waals surface area contributed by atoms with Crippen molar-refractivity contribution in [2.75, 3.05) is 0 Å². The highest BCUT2D eigenvalue weighted by Gasteiger charge is 2.19. The van der Waals surface area contributed by atoms with Crippen LogP contribution in [0, 0.1) is 0 Å². The first-order valence-corrected chi connectivity index (χ1v) is 9.65. The number of benzene rings is 2. The molecule has 2 heterocycles. The Morgan fingerprint density at radius 3 is 1.41 bits per heavy atom. The molecule has 0 aliphatic carbocycles. The molecule has 0 atom stereocenters. The van der Waals surface area contributed by atoms with Gasteiger partial charge in [0, 0.05) is 41.9 Å². The molecule has 0 spiro atoms. The van der Waals surface area contributed by atoms with Gasteiger partial charge in [0.15, 0.2) is 0 Å². The molecule has 2 aromatic carbocycles. The van der Waals surface area contributed by atoms with E-state index in [2.05, 4.69) is 110 Å². The Balaban J connectivity index is 2.11. The number of aromatic nitrogens is 2. The van der Waals surface area contributed by atoms with Gasteiger partial charge in [-0.25, -0.2) is 0 Å². The standard InChI is InChI=1S/C16H8Br4N2/c17-7-1-3-9-11(5-7)21-15(19)13(9)14-10-4-2-8(18)6-12(10)22-16(14)20/h1-6,21-22H. The zero-order valence-electron chi connectivity index (χ0n) is 11.0. The van der Waals surface area contributed by atoms with Crippen molar-refractivity contribution in [3.63, 3.8) is 0 Å². The second kappa shape index (κ2) is 5.51. The predicted molar refractivity (Wildman–Crippen MR) is 106 cm³/mol. The molecule has 6 heteroatoms. The van der Waals surface area contributed by atoms with Gasteiger partial charge in [-0.2, -0.15) is 0 Å². The van der Waals surface area contributed by atoms with Crippen molar-refractivity contribution in [2.45, 2.75) is 0 Å². The molecule has 0 amide bonds. The Hall–Kier alpha value is -0.560. The lowest BCUT2D eigenvalue weighted by molar-refractivity contribution is 1.39. The summed E-state index contributed by atoms with van der Waals surface area (Å²) in [5.74, 6) is 0. The molecular weight excluding hydrogens is 540 g/mol. The first-order valence-electron chi connectivity index (χ1n) is 6.48. The molecule has 0 saturated carbocycles. The van der Waals surface area contributed by atoms with E-state index in [0.717, 1.165) is 40.3 Å². The molecule has 4 aromatic rings. The van der Waals surface area contributed by atoms with Crippen LogP contribution in [0.1, 0.15) is 0 Å². The number of H-pyrrole nitrogens is 2. The van der Waals surface area contributed by atoms with Crippen molar-refractivity contribution in [2.24, 2.45) is 0 Å². The highest BCUT2D eigenvalue weighted by Crippen LogP contribution is 2.44. The quantitative estimate of drug-likeness (QED) is 0.249. The Labute approximate surface area is 160 Å². The molecule has 0 radical (unpaired) electrons. The fraction of sp³-hybridized carbons (Fsp3) is 0. The summed E-state index contributed by atoms with van der Waals surface area (Å²) in [6.07, 6.45) is 0. The third-order valence-electron chi connectivity index (χ3n) is 3.68. The first-order chi connectivity index (χ1) is 10.5. The lowest BCUT2D eigenvalue weighted by atomic mass is 10.0. The SMILES string of the molecule is Brc1ccc2c(-c3c(Br)[nH]c4cc(Br)ccc34)c(Br)[nH]c2c1. The second-order valence-electron chi connectivity index (χ2n) is 5.01. The van der Waals surface area contributed by atoms with Gasteiger partial charge in [0.1, 0.15) is 0 Å². The van der Waals surface area contributed by atoms with Gasteiger partial charge in [-0.05, 0) is 56.1 Å². The number of aromatic amines is 2. The van der Waals surface area contributed by atoms with E-state index in [1.54, 1.807) is 0 Å². The predicted octanol–water partition coefficient (Wildman–Crippen LogP) is 7.37. The van der Waals surface area contributed by atoms with Crippen LogP contribution in [0.5, 0.6) is 0 Å². The van der Waals surface area contributed by atoms with Crippen LogP contribution in [0.4, 0.5) is 0 Å². The smallest absolute Gasteiger partial charge is 0.0911 e. The summed E-state index contributed by atoms with van der Waals surface area (Å²) in [6.45, 7) is 0. The van der Waals surface area contributed by atoms with Crippen molar-refractivity contribution in [1.29, 1.82) is 0 Å². The average molecular weight is 548 g/mol. The summed E-state index contributed by atoms with van der Waals surface area (Å²) < 4.78 is 4.07. The molecule has 2 nitrogen and oxygen atoms in total. The molecule has 0 bridgehead atoms. The molecule has 2 N–H and O–H groups in total. The third-order valence-corrected chi connectivity index (χ3v) is 5.86. The van der Waals surface area contributed by atoms with Crippen LogP contribution in [-0.2, 0) is 0 Å². The van der Waals surface area contributed by atoms with Crippen molar-refractivity contribution in [3.8, 4) is 11.1 Å². The van der Waals surface area contributed by atoms with Gasteiger partial charge in [0.05, 0.1) is 9.21 Å². The fourth-order valence-corrected chi connectivity index (χ4v) is 4.74. The zero-order valence-corrected chi connectivity index (χ0v) is 17.3. The minimum Gasteiger partial charge on any atom is -0.349 e. The summed E-state index contributed by atoms with van der Waals surface area (Å²) in [6, 6.07) is 12.5. The van der Waals surface area contributed by atoms with E-state index in [0.29, 0.717) is 0 Å². The molecule has 22 heavy (non-hydrogen) atoms. The maximum Gasteiger partial charge on any atom is 0.0911 e. The number of nitrogens with one attached hydrogen (secondary N) is 2. The fourth-order valence-electron chi connectivity index (χ4n) is 2.76. The summed E-state index contributed by atoms with van der Waals surface area (Å²) in [4.78, 5) is 6.80. The Kier molecular flexibility index (Phi) is 3.76. The van der Waals surface area contributed by atoms with Crippen molar-refractivity contribution < 1.29 is 0 Å². The number of hydrogen-bond donors (Lipinski definition) is 2. The maximum atomic E-state index is 3.68. The summed E-state index contributed by atoms with van der Waals surface area (Å²) >= 11 is 14.4. The third kappa shape index (κ3) is 2.31. The summed E-state index contributed by atoms with van der Waals surface area (Å²) in [7, 11) is 0. The zero-order chi connectivity index (χ0) is 15.4. The van der Waals surface area contributed by atoms with Gasteiger partial charge in [0.25, 0.3) is 0 Å². The van der Waals surface area contributed by atoms with Crippen LogP contribution in [0.25, 0.3) is 32.9 Å². The van der Waals surface area contributed by atoms with E-state index in [1.807, 2.05) is 0 Å². The number of fused-ring (bicyclic) bond motifs is 2. The summed E-state index contributed by atoms with van der Waals surface area (Å²) in [5, 5.41) is 2.36. The second-order valence-corrected chi connectivity index (χ2v) is 8.43. The minimum atomic E-state index is 0.977. The summed E-state index contributed by atoms with van der Waals surface area (Å²) in [5.41, 5.74) is 4.50. The van der Waals surface area contributed by atoms with Crippen molar-refractivity contribution in [3.05, 3.63) is 54.6 Å². The van der Waals surface area contributed by atoms with E-state index in [9.17, 15) is 0 Å². The van der Waals surface area contributed by atoms with E-state index in [-0.39, 0.29) is 0 Å². The van der Waals surface area contributed by atoms with Gasteiger partial charge < -0.3 is 9.97 Å². The molecule has 0 unspecified atom stereocenters. The first kappa shape index (κ1) is 15.0. The van der Waals surface area contributed by atoms with Crippen LogP contribution < -0.4 is 0 Å². The normalized spacial score (nSPS) is 11.6. The van der Waals surface area contributed by atoms with E-state index >= 15 is 0 Å². The lowest BCUT2D eigenvalue weighted by Gasteiger charge is -2.01. The van der Waals surface area contributed by atoms with E-state index in [4.69, 9.17) is 0 Å². The topological polar surface area (TPSA) is 31.6 Å². The largest absolute Gasteiger partial charge is 0.349 e. The monoisotopic (exact) mass is 544 g/mol. The number of rotatable bonds is 1. The number of halogens is 4. The van der Waals surface area contributed by atoms with E-state index in [1.165, 1.54) is 10.8 Å². The van der Waals surface area contributed by atoms with Crippen LogP contribution in [-0.4, -0.2) is 9.97 Å². The molecular formula is C16H8Br4N2. The average Bonchev–Trinajstić information content (AvgIpc) is 2.93. The molecule has 110 valence electrons. The molecule has 0 fully saturated rings. The van der Waals surface area contributed by atoms with Gasteiger partial charge >= 0.3 is 0 Å². The van der Waals surface area contributed by atoms with Crippen LogP contribution >= 0.6 is 63.7 Å². The van der Waals surface area contributed by atoms with Gasteiger partial charge in [-0.3, -0.25) is 0 Å². The molecule has 4 rings (SSSR count). The Morgan fingerprint density at radius 1 is 0.591 bits per heavy atom. The van der Waals surface area contributed by atoms with Gasteiger partial charge in [0.2, 0.25) is 0 Å². The van der Waals surface area contributed by atoms with Gasteiger partial charge in [-0.1, -0.05) is 44.0 Å². The van der Waals surface area contributed by atoms with Crippen molar-refractivity contribution in [1.82, 2.24) is 9.97 Å². The molecule has 0 saturated heterocycles. The maximum absolute atomic E-state index is 3.68. The van der Waals surface area contributed by atoms with Crippen LogP contribution in [0.15, 0.2) is 54.6 Å². The van der Waals surface area contributed by atoms with E-state index < -0.39 is 0 Å². The Morgan fingerprint density at radius 2 is 1.00 bits per heavy atom. The van der Waals surface area contributed by atoms with Crippen LogP contribution in [0.2, 0.25) is 0 Å². The molecule has 0 aliphatic heterocycles. The van der Waals surface area contributed by atoms with Gasteiger partial charge in [-0.15, -0.1) is 0 Å². The Bertz CT molecular complexity index is 946. The molecule has 2 aromatic heterocycles. The highest BCUT2D eigenvalue weighted by atomic mass is 79.9. The minimum absolute atomic E-state index is 0.977. The highest BCUT2D eigenvalue weighted by molar-refractivity contribution is 9.11. The number of hydrogen-bond acceptors (Lipinski definition) is 0.